The molecule has 2 heteroatoms. The van der Waals surface area contributed by atoms with E-state index in [9.17, 15) is 0 Å². The van der Waals surface area contributed by atoms with Gasteiger partial charge in [0.25, 0.3) is 0 Å². The van der Waals surface area contributed by atoms with Crippen LogP contribution in [0.2, 0.25) is 0 Å². The van der Waals surface area contributed by atoms with Gasteiger partial charge in [0.2, 0.25) is 0 Å². The highest BCUT2D eigenvalue weighted by atomic mass is 32.1. The van der Waals surface area contributed by atoms with Crippen molar-refractivity contribution in [1.82, 2.24) is 0 Å². The van der Waals surface area contributed by atoms with Crippen LogP contribution in [-0.4, -0.2) is 0 Å². The lowest BCUT2D eigenvalue weighted by atomic mass is 9.87. The number of thiophene rings is 1. The van der Waals surface area contributed by atoms with E-state index < -0.39 is 0 Å². The Labute approximate surface area is 303 Å². The summed E-state index contributed by atoms with van der Waals surface area (Å²) in [5.41, 5.74) is 3.48. The third-order valence-corrected chi connectivity index (χ3v) is 12.4. The minimum absolute atomic E-state index is 1.14. The monoisotopic (exact) mass is 675 g/mol. The lowest BCUT2D eigenvalue weighted by Gasteiger charge is -2.28. The topological polar surface area (TPSA) is 3.24 Å². The normalized spacial score (nSPS) is 12.2. The predicted molar refractivity (Wildman–Crippen MR) is 228 cm³/mol. The van der Waals surface area contributed by atoms with E-state index in [1.807, 2.05) is 11.3 Å². The molecule has 0 radical (unpaired) electrons. The number of benzene rings is 10. The molecule has 0 unspecified atom stereocenters. The minimum Gasteiger partial charge on any atom is -0.310 e. The summed E-state index contributed by atoms with van der Waals surface area (Å²) in [6.45, 7) is 0. The molecule has 0 atom stereocenters. The van der Waals surface area contributed by atoms with Crippen molar-refractivity contribution in [2.45, 2.75) is 0 Å². The van der Waals surface area contributed by atoms with Crippen molar-refractivity contribution in [2.24, 2.45) is 0 Å². The maximum atomic E-state index is 2.51. The van der Waals surface area contributed by atoms with Crippen LogP contribution < -0.4 is 4.90 Å². The lowest BCUT2D eigenvalue weighted by Crippen LogP contribution is -2.10. The molecule has 0 aliphatic heterocycles. The molecule has 0 bridgehead atoms. The highest BCUT2D eigenvalue weighted by Crippen LogP contribution is 2.49. The van der Waals surface area contributed by atoms with Gasteiger partial charge in [0.15, 0.2) is 0 Å². The average Bonchev–Trinajstić information content (AvgIpc) is 3.59. The molecule has 52 heavy (non-hydrogen) atoms. The Morgan fingerprint density at radius 3 is 1.52 bits per heavy atom. The first-order valence-corrected chi connectivity index (χ1v) is 18.7. The van der Waals surface area contributed by atoms with E-state index in [1.165, 1.54) is 101 Å². The maximum Gasteiger partial charge on any atom is 0.0554 e. The largest absolute Gasteiger partial charge is 0.310 e. The lowest BCUT2D eigenvalue weighted by molar-refractivity contribution is 1.32. The van der Waals surface area contributed by atoms with Gasteiger partial charge in [-0.25, -0.2) is 0 Å². The zero-order chi connectivity index (χ0) is 33.9. The molecule has 0 aliphatic rings. The van der Waals surface area contributed by atoms with E-state index in [-0.39, 0.29) is 0 Å². The summed E-state index contributed by atoms with van der Waals surface area (Å²) in [4.78, 5) is 2.51. The second kappa shape index (κ2) is 10.5. The van der Waals surface area contributed by atoms with E-state index in [4.69, 9.17) is 0 Å². The number of hydrogen-bond acceptors (Lipinski definition) is 2. The molecular weight excluding hydrogens is 647 g/mol. The number of hydrogen-bond donors (Lipinski definition) is 0. The molecule has 12 rings (SSSR count). The fourth-order valence-electron chi connectivity index (χ4n) is 9.08. The van der Waals surface area contributed by atoms with Gasteiger partial charge in [0, 0.05) is 31.5 Å². The molecule has 1 aromatic heterocycles. The van der Waals surface area contributed by atoms with Gasteiger partial charge in [-0.15, -0.1) is 11.3 Å². The molecule has 240 valence electrons. The SMILES string of the molecule is c1ccc2cc(N(c3cc4ccc5cccc6c7cccc8ccc9cccc(c(c3)c4c56)c9c87)c3cccc4sc5ccccc5c34)ccc2c1. The Bertz CT molecular complexity index is 3420. The summed E-state index contributed by atoms with van der Waals surface area (Å²) in [5.74, 6) is 0. The first-order chi connectivity index (χ1) is 25.8. The van der Waals surface area contributed by atoms with Crippen LogP contribution in [0.4, 0.5) is 17.1 Å². The minimum atomic E-state index is 1.14. The van der Waals surface area contributed by atoms with Gasteiger partial charge in [-0.1, -0.05) is 133 Å². The molecule has 0 amide bonds. The van der Waals surface area contributed by atoms with Crippen molar-refractivity contribution < 1.29 is 0 Å². The molecule has 0 N–H and O–H groups in total. The second-order valence-electron chi connectivity index (χ2n) is 14.0. The summed E-state index contributed by atoms with van der Waals surface area (Å²) in [6.07, 6.45) is 0. The summed E-state index contributed by atoms with van der Waals surface area (Å²) < 4.78 is 2.60. The van der Waals surface area contributed by atoms with Gasteiger partial charge >= 0.3 is 0 Å². The molecule has 0 saturated carbocycles. The number of rotatable bonds is 3. The molecule has 0 spiro atoms. The highest BCUT2D eigenvalue weighted by molar-refractivity contribution is 7.26. The van der Waals surface area contributed by atoms with Crippen molar-refractivity contribution in [3.05, 3.63) is 176 Å². The second-order valence-corrected chi connectivity index (χ2v) is 15.1. The highest BCUT2D eigenvalue weighted by Gasteiger charge is 2.22. The van der Waals surface area contributed by atoms with Crippen LogP contribution >= 0.6 is 11.3 Å². The Balaban J connectivity index is 1.29. The van der Waals surface area contributed by atoms with E-state index in [0.717, 1.165) is 11.4 Å². The van der Waals surface area contributed by atoms with E-state index in [1.54, 1.807) is 0 Å². The third-order valence-electron chi connectivity index (χ3n) is 11.3. The Morgan fingerprint density at radius 1 is 0.288 bits per heavy atom. The summed E-state index contributed by atoms with van der Waals surface area (Å²) >= 11 is 1.87. The fourth-order valence-corrected chi connectivity index (χ4v) is 10.2. The number of nitrogens with zero attached hydrogens (tertiary/aromatic N) is 1. The van der Waals surface area contributed by atoms with Crippen molar-refractivity contribution >= 4 is 124 Å². The first-order valence-electron chi connectivity index (χ1n) is 17.9. The molecule has 1 heterocycles. The van der Waals surface area contributed by atoms with Crippen molar-refractivity contribution in [1.29, 1.82) is 0 Å². The quantitative estimate of drug-likeness (QED) is 0.169. The molecule has 0 saturated heterocycles. The van der Waals surface area contributed by atoms with Crippen LogP contribution in [0.5, 0.6) is 0 Å². The summed E-state index contributed by atoms with van der Waals surface area (Å²) in [7, 11) is 0. The molecule has 1 nitrogen and oxygen atoms in total. The fraction of sp³-hybridized carbons (Fsp3) is 0. The summed E-state index contributed by atoms with van der Waals surface area (Å²) in [6, 6.07) is 65.8. The average molecular weight is 676 g/mol. The maximum absolute atomic E-state index is 2.51. The van der Waals surface area contributed by atoms with Gasteiger partial charge in [-0.2, -0.15) is 0 Å². The van der Waals surface area contributed by atoms with Gasteiger partial charge in [-0.3, -0.25) is 0 Å². The molecular formula is C50H29NS. The molecule has 0 aliphatic carbocycles. The van der Waals surface area contributed by atoms with Gasteiger partial charge < -0.3 is 4.90 Å². The van der Waals surface area contributed by atoms with Crippen LogP contribution in [0.15, 0.2) is 176 Å². The van der Waals surface area contributed by atoms with Gasteiger partial charge in [0.1, 0.15) is 0 Å². The van der Waals surface area contributed by atoms with Gasteiger partial charge in [0.05, 0.1) is 5.69 Å². The zero-order valence-corrected chi connectivity index (χ0v) is 28.9. The Morgan fingerprint density at radius 2 is 0.788 bits per heavy atom. The Kier molecular flexibility index (Phi) is 5.71. The first kappa shape index (κ1) is 28.2. The van der Waals surface area contributed by atoms with Crippen LogP contribution in [0.25, 0.3) is 95.6 Å². The van der Waals surface area contributed by atoms with Crippen LogP contribution in [0, 0.1) is 0 Å². The molecule has 0 fully saturated rings. The van der Waals surface area contributed by atoms with Crippen LogP contribution in [-0.2, 0) is 0 Å². The zero-order valence-electron chi connectivity index (χ0n) is 28.1. The molecule has 11 aromatic carbocycles. The van der Waals surface area contributed by atoms with E-state index in [2.05, 4.69) is 181 Å². The van der Waals surface area contributed by atoms with Crippen LogP contribution in [0.1, 0.15) is 0 Å². The standard InChI is InChI=1S/C50H29NS/c1-2-10-34-27-36(26-25-30(34)9-1)51(43-18-8-20-45-50(43)41-14-3-4-19-44(41)52-45)37-28-35-24-23-33-12-6-16-39-38-15-5-11-31-21-22-32-13-7-17-40(48(32)46(31)38)42(29-37)49(35)47(33)39/h1-29H. The van der Waals surface area contributed by atoms with Crippen LogP contribution in [0.3, 0.4) is 0 Å². The molecule has 12 aromatic rings. The van der Waals surface area contributed by atoms with Gasteiger partial charge in [-0.05, 0) is 118 Å². The van der Waals surface area contributed by atoms with Crippen molar-refractivity contribution in [3.8, 4) is 0 Å². The smallest absolute Gasteiger partial charge is 0.0554 e. The third kappa shape index (κ3) is 3.87. The predicted octanol–water partition coefficient (Wildman–Crippen LogP) is 15.0. The van der Waals surface area contributed by atoms with Crippen molar-refractivity contribution in [2.75, 3.05) is 4.90 Å². The van der Waals surface area contributed by atoms with E-state index >= 15 is 0 Å². The number of anilines is 3. The van der Waals surface area contributed by atoms with E-state index in [0.29, 0.717) is 0 Å². The number of fused-ring (bicyclic) bond motifs is 6. The van der Waals surface area contributed by atoms with Crippen molar-refractivity contribution in [3.63, 3.8) is 0 Å². The summed E-state index contributed by atoms with van der Waals surface area (Å²) in [5, 5.41) is 20.5. The Hall–Kier alpha value is -6.48.